The van der Waals surface area contributed by atoms with Gasteiger partial charge < -0.3 is 9.80 Å². The standard InChI is InChI=1S/C8H14N2/c1-7(2)8-9(3)5-6-10(8)4/h5-6H,1-4H3. The second-order valence-electron chi connectivity index (χ2n) is 2.84. The lowest BCUT2D eigenvalue weighted by Gasteiger charge is -2.19. The Balaban J connectivity index is 2.90. The molecule has 0 bridgehead atoms. The van der Waals surface area contributed by atoms with Crippen LogP contribution < -0.4 is 0 Å². The largest absolute Gasteiger partial charge is 0.336 e. The van der Waals surface area contributed by atoms with Crippen molar-refractivity contribution in [2.24, 2.45) is 0 Å². The summed E-state index contributed by atoms with van der Waals surface area (Å²) in [6, 6.07) is 0. The average molecular weight is 138 g/mol. The Kier molecular flexibility index (Phi) is 1.70. The van der Waals surface area contributed by atoms with Crippen LogP contribution in [0.2, 0.25) is 0 Å². The molecule has 1 aliphatic heterocycles. The molecule has 0 aromatic rings. The molecule has 0 atom stereocenters. The SMILES string of the molecule is CC(C)=C1N(C)C=CN1C. The minimum atomic E-state index is 1.28. The first-order valence-corrected chi connectivity index (χ1v) is 3.44. The molecule has 1 rings (SSSR count). The lowest BCUT2D eigenvalue weighted by Crippen LogP contribution is -2.17. The molecule has 2 nitrogen and oxygen atoms in total. The molecule has 0 amide bonds. The number of allylic oxidation sites excluding steroid dienone is 1. The highest BCUT2D eigenvalue weighted by atomic mass is 15.3. The molecule has 10 heavy (non-hydrogen) atoms. The topological polar surface area (TPSA) is 6.48 Å². The van der Waals surface area contributed by atoms with Crippen LogP contribution >= 0.6 is 0 Å². The molecule has 0 saturated carbocycles. The van der Waals surface area contributed by atoms with Gasteiger partial charge >= 0.3 is 0 Å². The molecule has 0 fully saturated rings. The van der Waals surface area contributed by atoms with Crippen molar-refractivity contribution in [1.82, 2.24) is 9.80 Å². The van der Waals surface area contributed by atoms with Gasteiger partial charge in [-0.05, 0) is 19.4 Å². The van der Waals surface area contributed by atoms with Crippen LogP contribution in [0.25, 0.3) is 0 Å². The third kappa shape index (κ3) is 1.01. The predicted molar refractivity (Wildman–Crippen MR) is 43.0 cm³/mol. The van der Waals surface area contributed by atoms with Gasteiger partial charge in [-0.1, -0.05) is 0 Å². The van der Waals surface area contributed by atoms with Gasteiger partial charge in [0.25, 0.3) is 0 Å². The number of hydrogen-bond donors (Lipinski definition) is 0. The summed E-state index contributed by atoms with van der Waals surface area (Å²) in [5.41, 5.74) is 1.34. The van der Waals surface area contributed by atoms with Crippen LogP contribution in [-0.4, -0.2) is 23.9 Å². The molecule has 2 heteroatoms. The molecule has 56 valence electrons. The van der Waals surface area contributed by atoms with Gasteiger partial charge in [-0.15, -0.1) is 0 Å². The monoisotopic (exact) mass is 138 g/mol. The maximum Gasteiger partial charge on any atom is 0.110 e. The highest BCUT2D eigenvalue weighted by molar-refractivity contribution is 5.16. The number of nitrogens with zero attached hydrogens (tertiary/aromatic N) is 2. The van der Waals surface area contributed by atoms with E-state index in [9.17, 15) is 0 Å². The minimum absolute atomic E-state index is 1.28. The Morgan fingerprint density at radius 2 is 1.50 bits per heavy atom. The molecule has 1 heterocycles. The molecule has 0 spiro atoms. The third-order valence-corrected chi connectivity index (χ3v) is 1.63. The Labute approximate surface area is 62.4 Å². The van der Waals surface area contributed by atoms with Crippen molar-refractivity contribution in [3.05, 3.63) is 23.8 Å². The quantitative estimate of drug-likeness (QED) is 0.501. The van der Waals surface area contributed by atoms with Crippen LogP contribution in [0.5, 0.6) is 0 Å². The first kappa shape index (κ1) is 7.19. The normalized spacial score (nSPS) is 17.0. The fourth-order valence-corrected chi connectivity index (χ4v) is 1.30. The van der Waals surface area contributed by atoms with Crippen molar-refractivity contribution >= 4 is 0 Å². The Morgan fingerprint density at radius 3 is 1.70 bits per heavy atom. The number of hydrogen-bond acceptors (Lipinski definition) is 2. The van der Waals surface area contributed by atoms with E-state index in [4.69, 9.17) is 0 Å². The maximum absolute atomic E-state index is 2.12. The first-order chi connectivity index (χ1) is 4.63. The second-order valence-corrected chi connectivity index (χ2v) is 2.84. The van der Waals surface area contributed by atoms with Crippen molar-refractivity contribution in [3.8, 4) is 0 Å². The van der Waals surface area contributed by atoms with Crippen LogP contribution in [0.15, 0.2) is 23.8 Å². The van der Waals surface area contributed by atoms with Crippen molar-refractivity contribution in [3.63, 3.8) is 0 Å². The molecule has 0 N–H and O–H groups in total. The minimum Gasteiger partial charge on any atom is -0.336 e. The Morgan fingerprint density at radius 1 is 1.10 bits per heavy atom. The van der Waals surface area contributed by atoms with E-state index in [1.807, 2.05) is 0 Å². The van der Waals surface area contributed by atoms with Crippen molar-refractivity contribution in [2.75, 3.05) is 14.1 Å². The lowest BCUT2D eigenvalue weighted by molar-refractivity contribution is 0.439. The van der Waals surface area contributed by atoms with Gasteiger partial charge in [0.2, 0.25) is 0 Å². The van der Waals surface area contributed by atoms with Crippen LogP contribution in [-0.2, 0) is 0 Å². The second kappa shape index (κ2) is 2.37. The smallest absolute Gasteiger partial charge is 0.110 e. The zero-order chi connectivity index (χ0) is 7.72. The summed E-state index contributed by atoms with van der Waals surface area (Å²) in [5.74, 6) is 1.28. The van der Waals surface area contributed by atoms with E-state index in [0.29, 0.717) is 0 Å². The van der Waals surface area contributed by atoms with Gasteiger partial charge in [-0.25, -0.2) is 0 Å². The molecular weight excluding hydrogens is 124 g/mol. The third-order valence-electron chi connectivity index (χ3n) is 1.63. The Bertz CT molecular complexity index is 173. The van der Waals surface area contributed by atoms with E-state index in [2.05, 4.69) is 50.1 Å². The van der Waals surface area contributed by atoms with Crippen LogP contribution in [0.1, 0.15) is 13.8 Å². The van der Waals surface area contributed by atoms with Gasteiger partial charge in [-0.2, -0.15) is 0 Å². The maximum atomic E-state index is 2.12. The summed E-state index contributed by atoms with van der Waals surface area (Å²) >= 11 is 0. The first-order valence-electron chi connectivity index (χ1n) is 3.44. The highest BCUT2D eigenvalue weighted by Gasteiger charge is 2.12. The van der Waals surface area contributed by atoms with Gasteiger partial charge in [0, 0.05) is 26.5 Å². The summed E-state index contributed by atoms with van der Waals surface area (Å²) in [5, 5.41) is 0. The summed E-state index contributed by atoms with van der Waals surface area (Å²) in [7, 11) is 4.12. The average Bonchev–Trinajstić information content (AvgIpc) is 2.11. The van der Waals surface area contributed by atoms with Crippen LogP contribution in [0.3, 0.4) is 0 Å². The van der Waals surface area contributed by atoms with Crippen LogP contribution in [0.4, 0.5) is 0 Å². The molecule has 0 aliphatic carbocycles. The molecule has 0 unspecified atom stereocenters. The molecule has 0 saturated heterocycles. The zero-order valence-electron chi connectivity index (χ0n) is 7.05. The fraction of sp³-hybridized carbons (Fsp3) is 0.500. The summed E-state index contributed by atoms with van der Waals surface area (Å²) in [6.45, 7) is 4.24. The summed E-state index contributed by atoms with van der Waals surface area (Å²) < 4.78 is 0. The van der Waals surface area contributed by atoms with Crippen molar-refractivity contribution in [1.29, 1.82) is 0 Å². The summed E-state index contributed by atoms with van der Waals surface area (Å²) in [6.07, 6.45) is 4.12. The lowest BCUT2D eigenvalue weighted by atomic mass is 10.3. The highest BCUT2D eigenvalue weighted by Crippen LogP contribution is 2.18. The summed E-state index contributed by atoms with van der Waals surface area (Å²) in [4.78, 5) is 4.24. The van der Waals surface area contributed by atoms with Crippen LogP contribution in [0, 0.1) is 0 Å². The van der Waals surface area contributed by atoms with Gasteiger partial charge in [0.1, 0.15) is 5.82 Å². The van der Waals surface area contributed by atoms with E-state index >= 15 is 0 Å². The fourth-order valence-electron chi connectivity index (χ4n) is 1.30. The molecule has 0 aromatic heterocycles. The van der Waals surface area contributed by atoms with E-state index in [-0.39, 0.29) is 0 Å². The van der Waals surface area contributed by atoms with Crippen molar-refractivity contribution < 1.29 is 0 Å². The van der Waals surface area contributed by atoms with E-state index in [1.165, 1.54) is 11.4 Å². The van der Waals surface area contributed by atoms with Gasteiger partial charge in [0.15, 0.2) is 0 Å². The Hall–Kier alpha value is -0.920. The molecule has 1 aliphatic rings. The molecule has 0 radical (unpaired) electrons. The number of rotatable bonds is 0. The predicted octanol–water partition coefficient (Wildman–Crippen LogP) is 1.59. The van der Waals surface area contributed by atoms with E-state index in [0.717, 1.165) is 0 Å². The van der Waals surface area contributed by atoms with Gasteiger partial charge in [-0.3, -0.25) is 0 Å². The van der Waals surface area contributed by atoms with Gasteiger partial charge in [0.05, 0.1) is 0 Å². The van der Waals surface area contributed by atoms with E-state index < -0.39 is 0 Å². The van der Waals surface area contributed by atoms with E-state index in [1.54, 1.807) is 0 Å². The molecule has 0 aromatic carbocycles. The van der Waals surface area contributed by atoms with Crippen molar-refractivity contribution in [2.45, 2.75) is 13.8 Å². The zero-order valence-corrected chi connectivity index (χ0v) is 7.05. The molecular formula is C8H14N2.